The van der Waals surface area contributed by atoms with Gasteiger partial charge in [-0.05, 0) is 24.1 Å². The monoisotopic (exact) mass is 372 g/mol. The molecule has 0 spiro atoms. The Morgan fingerprint density at radius 3 is 2.19 bits per heavy atom. The van der Waals surface area contributed by atoms with E-state index < -0.39 is 10.0 Å². The van der Waals surface area contributed by atoms with Crippen LogP contribution < -0.4 is 0 Å². The SMILES string of the molecule is C=CCN(CCc1ccccc1)C(=O)CN(C)S(=O)(=O)c1ccccc1. The molecule has 6 heteroatoms. The van der Waals surface area contributed by atoms with Crippen molar-refractivity contribution < 1.29 is 13.2 Å². The van der Waals surface area contributed by atoms with Gasteiger partial charge in [-0.2, -0.15) is 4.31 Å². The van der Waals surface area contributed by atoms with Crippen LogP contribution in [0, 0.1) is 0 Å². The highest BCUT2D eigenvalue weighted by Crippen LogP contribution is 2.13. The van der Waals surface area contributed by atoms with Crippen molar-refractivity contribution in [2.75, 3.05) is 26.7 Å². The van der Waals surface area contributed by atoms with Crippen LogP contribution in [-0.4, -0.2) is 50.2 Å². The Bertz CT molecular complexity index is 821. The van der Waals surface area contributed by atoms with E-state index in [-0.39, 0.29) is 17.3 Å². The molecule has 0 N–H and O–H groups in total. The lowest BCUT2D eigenvalue weighted by atomic mass is 10.1. The highest BCUT2D eigenvalue weighted by Gasteiger charge is 2.24. The molecule has 0 aliphatic carbocycles. The van der Waals surface area contributed by atoms with Gasteiger partial charge in [-0.25, -0.2) is 8.42 Å². The molecule has 0 fully saturated rings. The fraction of sp³-hybridized carbons (Fsp3) is 0.250. The first-order valence-corrected chi connectivity index (χ1v) is 9.83. The Morgan fingerprint density at radius 2 is 1.62 bits per heavy atom. The standard InChI is InChI=1S/C20H24N2O3S/c1-3-15-22(16-14-18-10-6-4-7-11-18)20(23)17-21(2)26(24,25)19-12-8-5-9-13-19/h3-13H,1,14-17H2,2H3. The Morgan fingerprint density at radius 1 is 1.04 bits per heavy atom. The largest absolute Gasteiger partial charge is 0.338 e. The summed E-state index contributed by atoms with van der Waals surface area (Å²) in [5.41, 5.74) is 1.12. The molecule has 26 heavy (non-hydrogen) atoms. The van der Waals surface area contributed by atoms with E-state index >= 15 is 0 Å². The Labute approximate surface area is 155 Å². The zero-order valence-corrected chi connectivity index (χ0v) is 15.7. The molecule has 0 bridgehead atoms. The summed E-state index contributed by atoms with van der Waals surface area (Å²) in [6.45, 7) is 4.37. The molecule has 0 aliphatic heterocycles. The van der Waals surface area contributed by atoms with E-state index in [1.165, 1.54) is 19.2 Å². The summed E-state index contributed by atoms with van der Waals surface area (Å²) in [5.74, 6) is -0.247. The zero-order valence-electron chi connectivity index (χ0n) is 14.9. The van der Waals surface area contributed by atoms with Gasteiger partial charge in [0.1, 0.15) is 0 Å². The molecule has 0 radical (unpaired) electrons. The summed E-state index contributed by atoms with van der Waals surface area (Å²) in [7, 11) is -2.27. The summed E-state index contributed by atoms with van der Waals surface area (Å²) < 4.78 is 26.2. The van der Waals surface area contributed by atoms with Crippen LogP contribution >= 0.6 is 0 Å². The van der Waals surface area contributed by atoms with E-state index in [9.17, 15) is 13.2 Å². The first-order valence-electron chi connectivity index (χ1n) is 8.39. The Hall–Kier alpha value is -2.44. The van der Waals surface area contributed by atoms with Crippen molar-refractivity contribution in [3.63, 3.8) is 0 Å². The van der Waals surface area contributed by atoms with E-state index in [1.807, 2.05) is 30.3 Å². The predicted octanol–water partition coefficient (Wildman–Crippen LogP) is 2.56. The number of carbonyl (C=O) groups is 1. The highest BCUT2D eigenvalue weighted by atomic mass is 32.2. The molecule has 2 rings (SSSR count). The van der Waals surface area contributed by atoms with E-state index in [2.05, 4.69) is 6.58 Å². The van der Waals surface area contributed by atoms with Gasteiger partial charge in [0, 0.05) is 20.1 Å². The molecular formula is C20H24N2O3S. The molecule has 0 atom stereocenters. The number of hydrogen-bond acceptors (Lipinski definition) is 3. The van der Waals surface area contributed by atoms with Gasteiger partial charge in [0.25, 0.3) is 0 Å². The third-order valence-electron chi connectivity index (χ3n) is 4.02. The van der Waals surface area contributed by atoms with Crippen LogP contribution in [0.3, 0.4) is 0 Å². The maximum absolute atomic E-state index is 12.6. The molecule has 1 amide bonds. The van der Waals surface area contributed by atoms with E-state index in [1.54, 1.807) is 29.2 Å². The fourth-order valence-corrected chi connectivity index (χ4v) is 3.67. The first kappa shape index (κ1) is 19.9. The lowest BCUT2D eigenvalue weighted by Gasteiger charge is -2.24. The third-order valence-corrected chi connectivity index (χ3v) is 5.84. The second-order valence-corrected chi connectivity index (χ2v) is 7.98. The van der Waals surface area contributed by atoms with Gasteiger partial charge in [0.15, 0.2) is 0 Å². The maximum Gasteiger partial charge on any atom is 0.243 e. The molecule has 0 aromatic heterocycles. The maximum atomic E-state index is 12.6. The van der Waals surface area contributed by atoms with Crippen molar-refractivity contribution in [1.29, 1.82) is 0 Å². The fourth-order valence-electron chi connectivity index (χ4n) is 2.53. The highest BCUT2D eigenvalue weighted by molar-refractivity contribution is 7.89. The first-order chi connectivity index (χ1) is 12.4. The molecule has 0 saturated carbocycles. The van der Waals surface area contributed by atoms with Gasteiger partial charge in [-0.15, -0.1) is 6.58 Å². The van der Waals surface area contributed by atoms with Crippen LogP contribution in [-0.2, 0) is 21.2 Å². The number of likely N-dealkylation sites (N-methyl/N-ethyl adjacent to an activating group) is 1. The van der Waals surface area contributed by atoms with Crippen molar-refractivity contribution >= 4 is 15.9 Å². The number of hydrogen-bond donors (Lipinski definition) is 0. The predicted molar refractivity (Wildman–Crippen MR) is 103 cm³/mol. The minimum atomic E-state index is -3.69. The minimum absolute atomic E-state index is 0.176. The van der Waals surface area contributed by atoms with Crippen molar-refractivity contribution in [3.05, 3.63) is 78.9 Å². The average Bonchev–Trinajstić information content (AvgIpc) is 2.66. The molecule has 2 aromatic carbocycles. The lowest BCUT2D eigenvalue weighted by molar-refractivity contribution is -0.130. The van der Waals surface area contributed by atoms with Gasteiger partial charge in [-0.3, -0.25) is 4.79 Å². The van der Waals surface area contributed by atoms with Crippen molar-refractivity contribution in [2.45, 2.75) is 11.3 Å². The molecule has 138 valence electrons. The second-order valence-electron chi connectivity index (χ2n) is 5.94. The molecule has 0 aliphatic rings. The number of benzene rings is 2. The number of nitrogens with zero attached hydrogens (tertiary/aromatic N) is 2. The molecular weight excluding hydrogens is 348 g/mol. The van der Waals surface area contributed by atoms with E-state index in [0.717, 1.165) is 9.87 Å². The average molecular weight is 372 g/mol. The lowest BCUT2D eigenvalue weighted by Crippen LogP contribution is -2.42. The van der Waals surface area contributed by atoms with Gasteiger partial charge >= 0.3 is 0 Å². The van der Waals surface area contributed by atoms with E-state index in [4.69, 9.17) is 0 Å². The normalized spacial score (nSPS) is 11.3. The van der Waals surface area contributed by atoms with Crippen LogP contribution in [0.5, 0.6) is 0 Å². The molecule has 0 heterocycles. The second kappa shape index (κ2) is 9.31. The summed E-state index contributed by atoms with van der Waals surface area (Å²) >= 11 is 0. The number of carbonyl (C=O) groups excluding carboxylic acids is 1. The Kier molecular flexibility index (Phi) is 7.12. The molecule has 5 nitrogen and oxygen atoms in total. The van der Waals surface area contributed by atoms with Crippen LogP contribution in [0.4, 0.5) is 0 Å². The Balaban J connectivity index is 2.03. The van der Waals surface area contributed by atoms with Gasteiger partial charge in [0.05, 0.1) is 11.4 Å². The third kappa shape index (κ3) is 5.28. The van der Waals surface area contributed by atoms with E-state index in [0.29, 0.717) is 19.5 Å². The van der Waals surface area contributed by atoms with Crippen LogP contribution in [0.15, 0.2) is 78.2 Å². The summed E-state index contributed by atoms with van der Waals surface area (Å²) in [5, 5.41) is 0. The summed E-state index contributed by atoms with van der Waals surface area (Å²) in [6, 6.07) is 18.0. The van der Waals surface area contributed by atoms with Crippen LogP contribution in [0.1, 0.15) is 5.56 Å². The van der Waals surface area contributed by atoms with Gasteiger partial charge < -0.3 is 4.90 Å². The topological polar surface area (TPSA) is 57.7 Å². The number of sulfonamides is 1. The molecule has 0 unspecified atom stereocenters. The molecule has 0 saturated heterocycles. The van der Waals surface area contributed by atoms with Crippen LogP contribution in [0.2, 0.25) is 0 Å². The number of rotatable bonds is 9. The smallest absolute Gasteiger partial charge is 0.243 e. The van der Waals surface area contributed by atoms with Gasteiger partial charge in [0.2, 0.25) is 15.9 Å². The quantitative estimate of drug-likeness (QED) is 0.636. The van der Waals surface area contributed by atoms with Gasteiger partial charge in [-0.1, -0.05) is 54.6 Å². The van der Waals surface area contributed by atoms with Crippen LogP contribution in [0.25, 0.3) is 0 Å². The zero-order chi connectivity index (χ0) is 19.0. The molecule has 2 aromatic rings. The van der Waals surface area contributed by atoms with Crippen molar-refractivity contribution in [3.8, 4) is 0 Å². The summed E-state index contributed by atoms with van der Waals surface area (Å²) in [6.07, 6.45) is 2.35. The van der Waals surface area contributed by atoms with Crippen molar-refractivity contribution in [2.24, 2.45) is 0 Å². The minimum Gasteiger partial charge on any atom is -0.338 e. The number of amides is 1. The van der Waals surface area contributed by atoms with Crippen molar-refractivity contribution in [1.82, 2.24) is 9.21 Å². The summed E-state index contributed by atoms with van der Waals surface area (Å²) in [4.78, 5) is 14.4.